The Morgan fingerprint density at radius 2 is 2.35 bits per heavy atom. The number of pyridine rings is 1. The quantitative estimate of drug-likeness (QED) is 0.858. The summed E-state index contributed by atoms with van der Waals surface area (Å²) in [7, 11) is 0. The van der Waals surface area contributed by atoms with Crippen LogP contribution in [0.4, 0.5) is 5.69 Å². The molecular weight excluding hydrogens is 214 g/mol. The number of hydrogen-bond donors (Lipinski definition) is 1. The van der Waals surface area contributed by atoms with Gasteiger partial charge in [-0.15, -0.1) is 0 Å². The predicted octanol–water partition coefficient (Wildman–Crippen LogP) is 1.89. The molecule has 1 unspecified atom stereocenters. The highest BCUT2D eigenvalue weighted by molar-refractivity contribution is 5.48. The molecule has 0 bridgehead atoms. The fraction of sp³-hybridized carbons (Fsp3) is 0.462. The lowest BCUT2D eigenvalue weighted by Gasteiger charge is -2.20. The van der Waals surface area contributed by atoms with Crippen molar-refractivity contribution in [2.45, 2.75) is 19.3 Å². The summed E-state index contributed by atoms with van der Waals surface area (Å²) in [5.74, 6) is 0.617. The van der Waals surface area contributed by atoms with Gasteiger partial charge in [0.2, 0.25) is 0 Å². The molecule has 0 aliphatic carbocycles. The molecule has 4 nitrogen and oxygen atoms in total. The third-order valence-electron chi connectivity index (χ3n) is 3.28. The van der Waals surface area contributed by atoms with Crippen molar-refractivity contribution in [3.05, 3.63) is 30.2 Å². The van der Waals surface area contributed by atoms with E-state index in [0.29, 0.717) is 5.92 Å². The Balaban J connectivity index is 1.80. The first-order chi connectivity index (χ1) is 8.31. The van der Waals surface area contributed by atoms with Crippen LogP contribution in [0.15, 0.2) is 24.5 Å². The molecule has 1 atom stereocenters. The topological polar surface area (TPSA) is 52.5 Å². The minimum absolute atomic E-state index is 0.617. The normalized spacial score (nSPS) is 20.8. The van der Waals surface area contributed by atoms with E-state index < -0.39 is 0 Å². The van der Waals surface area contributed by atoms with Gasteiger partial charge in [0.1, 0.15) is 5.65 Å². The molecule has 0 saturated carbocycles. The highest BCUT2D eigenvalue weighted by atomic mass is 16.5. The van der Waals surface area contributed by atoms with Crippen molar-refractivity contribution in [2.24, 2.45) is 5.92 Å². The van der Waals surface area contributed by atoms with Crippen LogP contribution in [0.2, 0.25) is 0 Å². The van der Waals surface area contributed by atoms with Gasteiger partial charge in [-0.1, -0.05) is 0 Å². The van der Waals surface area contributed by atoms with Crippen molar-refractivity contribution in [1.82, 2.24) is 9.38 Å². The number of fused-ring (bicyclic) bond motifs is 1. The van der Waals surface area contributed by atoms with Crippen LogP contribution in [-0.2, 0) is 11.2 Å². The second-order valence-corrected chi connectivity index (χ2v) is 4.75. The minimum Gasteiger partial charge on any atom is -0.398 e. The van der Waals surface area contributed by atoms with E-state index in [0.717, 1.165) is 36.7 Å². The molecule has 1 aliphatic rings. The minimum atomic E-state index is 0.617. The average molecular weight is 231 g/mol. The summed E-state index contributed by atoms with van der Waals surface area (Å²) in [6.07, 6.45) is 7.39. The Hall–Kier alpha value is -1.55. The van der Waals surface area contributed by atoms with Gasteiger partial charge < -0.3 is 14.9 Å². The lowest BCUT2D eigenvalue weighted by Crippen LogP contribution is -2.19. The second-order valence-electron chi connectivity index (χ2n) is 4.75. The summed E-state index contributed by atoms with van der Waals surface area (Å²) in [6, 6.07) is 3.84. The zero-order valence-electron chi connectivity index (χ0n) is 9.80. The van der Waals surface area contributed by atoms with Crippen molar-refractivity contribution in [3.63, 3.8) is 0 Å². The van der Waals surface area contributed by atoms with Gasteiger partial charge in [-0.3, -0.25) is 0 Å². The third kappa shape index (κ3) is 2.26. The van der Waals surface area contributed by atoms with E-state index in [1.165, 1.54) is 12.8 Å². The summed E-state index contributed by atoms with van der Waals surface area (Å²) in [6.45, 7) is 1.79. The van der Waals surface area contributed by atoms with Gasteiger partial charge in [0.25, 0.3) is 0 Å². The fourth-order valence-electron chi connectivity index (χ4n) is 2.42. The largest absolute Gasteiger partial charge is 0.398 e. The molecule has 0 aromatic carbocycles. The summed E-state index contributed by atoms with van der Waals surface area (Å²) in [5, 5.41) is 0. The lowest BCUT2D eigenvalue weighted by molar-refractivity contribution is 0.0547. The fourth-order valence-corrected chi connectivity index (χ4v) is 2.42. The number of nitrogens with two attached hydrogens (primary N) is 1. The third-order valence-corrected chi connectivity index (χ3v) is 3.28. The van der Waals surface area contributed by atoms with E-state index in [1.54, 1.807) is 0 Å². The molecule has 90 valence electrons. The molecule has 1 fully saturated rings. The predicted molar refractivity (Wildman–Crippen MR) is 66.9 cm³/mol. The Morgan fingerprint density at radius 3 is 3.18 bits per heavy atom. The van der Waals surface area contributed by atoms with Gasteiger partial charge in [-0.2, -0.15) is 0 Å². The van der Waals surface area contributed by atoms with Gasteiger partial charge in [0.15, 0.2) is 0 Å². The van der Waals surface area contributed by atoms with Crippen LogP contribution >= 0.6 is 0 Å². The maximum absolute atomic E-state index is 5.75. The SMILES string of the molecule is Nc1ccc2nc(CC3CCCOC3)cn2c1. The van der Waals surface area contributed by atoms with Crippen molar-refractivity contribution < 1.29 is 4.74 Å². The average Bonchev–Trinajstić information content (AvgIpc) is 2.71. The number of aromatic nitrogens is 2. The van der Waals surface area contributed by atoms with E-state index in [9.17, 15) is 0 Å². The molecule has 0 radical (unpaired) electrons. The van der Waals surface area contributed by atoms with Crippen LogP contribution in [0, 0.1) is 5.92 Å². The van der Waals surface area contributed by atoms with Crippen LogP contribution < -0.4 is 5.73 Å². The number of imidazole rings is 1. The maximum Gasteiger partial charge on any atom is 0.137 e. The highest BCUT2D eigenvalue weighted by Crippen LogP contribution is 2.19. The van der Waals surface area contributed by atoms with E-state index in [-0.39, 0.29) is 0 Å². The Labute approximate surface area is 100 Å². The van der Waals surface area contributed by atoms with Crippen molar-refractivity contribution in [1.29, 1.82) is 0 Å². The smallest absolute Gasteiger partial charge is 0.137 e. The van der Waals surface area contributed by atoms with Crippen LogP contribution in [0.3, 0.4) is 0 Å². The van der Waals surface area contributed by atoms with Gasteiger partial charge in [-0.05, 0) is 37.3 Å². The Bertz CT molecular complexity index is 514. The monoisotopic (exact) mass is 231 g/mol. The molecule has 2 aromatic heterocycles. The van der Waals surface area contributed by atoms with E-state index >= 15 is 0 Å². The Kier molecular flexibility index (Phi) is 2.73. The number of nitrogens with zero attached hydrogens (tertiary/aromatic N) is 2. The van der Waals surface area contributed by atoms with Crippen LogP contribution in [-0.4, -0.2) is 22.6 Å². The van der Waals surface area contributed by atoms with Crippen LogP contribution in [0.1, 0.15) is 18.5 Å². The molecular formula is C13H17N3O. The molecule has 0 amide bonds. The van der Waals surface area contributed by atoms with E-state index in [2.05, 4.69) is 11.2 Å². The van der Waals surface area contributed by atoms with Crippen LogP contribution in [0.25, 0.3) is 5.65 Å². The first-order valence-corrected chi connectivity index (χ1v) is 6.12. The first kappa shape index (κ1) is 10.6. The molecule has 1 aliphatic heterocycles. The molecule has 1 saturated heterocycles. The molecule has 0 spiro atoms. The van der Waals surface area contributed by atoms with Gasteiger partial charge in [0.05, 0.1) is 5.69 Å². The van der Waals surface area contributed by atoms with Crippen molar-refractivity contribution in [3.8, 4) is 0 Å². The molecule has 3 rings (SSSR count). The maximum atomic E-state index is 5.75. The van der Waals surface area contributed by atoms with Crippen molar-refractivity contribution in [2.75, 3.05) is 18.9 Å². The highest BCUT2D eigenvalue weighted by Gasteiger charge is 2.15. The summed E-state index contributed by atoms with van der Waals surface area (Å²) in [5.41, 5.74) is 8.61. The Morgan fingerprint density at radius 1 is 1.41 bits per heavy atom. The second kappa shape index (κ2) is 4.37. The number of rotatable bonds is 2. The molecule has 4 heteroatoms. The van der Waals surface area contributed by atoms with Gasteiger partial charge in [0, 0.05) is 31.3 Å². The molecule has 2 aromatic rings. The standard InChI is InChI=1S/C13H17N3O/c14-11-3-4-13-15-12(8-16(13)7-11)6-10-2-1-5-17-9-10/h3-4,7-8,10H,1-2,5-6,9,14H2. The van der Waals surface area contributed by atoms with E-state index in [4.69, 9.17) is 10.5 Å². The first-order valence-electron chi connectivity index (χ1n) is 6.12. The van der Waals surface area contributed by atoms with Gasteiger partial charge >= 0.3 is 0 Å². The van der Waals surface area contributed by atoms with E-state index in [1.807, 2.05) is 22.7 Å². The number of ether oxygens (including phenoxy) is 1. The summed E-state index contributed by atoms with van der Waals surface area (Å²) in [4.78, 5) is 4.60. The van der Waals surface area contributed by atoms with Crippen LogP contribution in [0.5, 0.6) is 0 Å². The van der Waals surface area contributed by atoms with Gasteiger partial charge in [-0.25, -0.2) is 4.98 Å². The summed E-state index contributed by atoms with van der Waals surface area (Å²) < 4.78 is 7.49. The molecule has 17 heavy (non-hydrogen) atoms. The number of nitrogen functional groups attached to an aromatic ring is 1. The zero-order valence-corrected chi connectivity index (χ0v) is 9.80. The summed E-state index contributed by atoms with van der Waals surface area (Å²) >= 11 is 0. The number of anilines is 1. The zero-order chi connectivity index (χ0) is 11.7. The van der Waals surface area contributed by atoms with Crippen molar-refractivity contribution >= 4 is 11.3 Å². The molecule has 2 N–H and O–H groups in total. The lowest BCUT2D eigenvalue weighted by atomic mass is 9.97. The molecule has 3 heterocycles. The number of hydrogen-bond acceptors (Lipinski definition) is 3.